The van der Waals surface area contributed by atoms with Gasteiger partial charge in [-0.3, -0.25) is 9.59 Å². The Balaban J connectivity index is 1.65. The molecule has 3 aliphatic heterocycles. The SMILES string of the molecule is COC(c1cc(C)c2c(c1Cl)C(=O)N(CC1C(=O)N=C(C)C=C1C)CC2)C1CNC1. The molecule has 0 spiro atoms. The molecule has 0 saturated carbocycles. The molecule has 3 aliphatic rings. The summed E-state index contributed by atoms with van der Waals surface area (Å²) in [6.45, 7) is 8.42. The number of rotatable bonds is 5. The second-order valence-electron chi connectivity index (χ2n) is 8.56. The summed E-state index contributed by atoms with van der Waals surface area (Å²) in [5.41, 5.74) is 5.17. The number of nitrogens with one attached hydrogen (secondary N) is 1. The van der Waals surface area contributed by atoms with Gasteiger partial charge in [-0.15, -0.1) is 0 Å². The van der Waals surface area contributed by atoms with Gasteiger partial charge in [-0.25, -0.2) is 4.99 Å². The van der Waals surface area contributed by atoms with Crippen LogP contribution < -0.4 is 5.32 Å². The van der Waals surface area contributed by atoms with Gasteiger partial charge in [-0.05, 0) is 44.4 Å². The summed E-state index contributed by atoms with van der Waals surface area (Å²) < 4.78 is 5.77. The number of ether oxygens (including phenoxy) is 1. The number of hydrogen-bond donors (Lipinski definition) is 1. The number of carbonyl (C=O) groups excluding carboxylic acids is 2. The molecule has 1 fully saturated rings. The first-order chi connectivity index (χ1) is 14.3. The van der Waals surface area contributed by atoms with Crippen molar-refractivity contribution in [1.82, 2.24) is 10.2 Å². The average Bonchev–Trinajstić information content (AvgIpc) is 2.65. The van der Waals surface area contributed by atoms with Gasteiger partial charge in [0, 0.05) is 50.5 Å². The number of methoxy groups -OCH3 is 1. The molecule has 2 unspecified atom stereocenters. The molecular formula is C23H28ClN3O3. The van der Waals surface area contributed by atoms with Gasteiger partial charge in [-0.1, -0.05) is 23.2 Å². The van der Waals surface area contributed by atoms with E-state index in [1.807, 2.05) is 26.8 Å². The molecule has 3 heterocycles. The van der Waals surface area contributed by atoms with E-state index >= 15 is 0 Å². The van der Waals surface area contributed by atoms with Crippen LogP contribution in [0.25, 0.3) is 0 Å². The predicted octanol–water partition coefficient (Wildman–Crippen LogP) is 3.12. The molecule has 1 aromatic rings. The van der Waals surface area contributed by atoms with Gasteiger partial charge >= 0.3 is 0 Å². The summed E-state index contributed by atoms with van der Waals surface area (Å²) in [5.74, 6) is -0.345. The normalized spacial score (nSPS) is 23.0. The van der Waals surface area contributed by atoms with E-state index in [-0.39, 0.29) is 17.9 Å². The van der Waals surface area contributed by atoms with Crippen LogP contribution in [0.3, 0.4) is 0 Å². The number of benzene rings is 1. The zero-order valence-electron chi connectivity index (χ0n) is 17.9. The number of fused-ring (bicyclic) bond motifs is 1. The number of nitrogens with zero attached hydrogens (tertiary/aromatic N) is 2. The average molecular weight is 430 g/mol. The first-order valence-corrected chi connectivity index (χ1v) is 10.8. The Morgan fingerprint density at radius 2 is 2.03 bits per heavy atom. The molecule has 1 aromatic carbocycles. The van der Waals surface area contributed by atoms with E-state index in [1.54, 1.807) is 12.0 Å². The van der Waals surface area contributed by atoms with Crippen molar-refractivity contribution >= 4 is 29.1 Å². The van der Waals surface area contributed by atoms with Gasteiger partial charge in [-0.2, -0.15) is 0 Å². The highest BCUT2D eigenvalue weighted by Gasteiger charge is 2.36. The lowest BCUT2D eigenvalue weighted by atomic mass is 9.85. The molecule has 0 aliphatic carbocycles. The van der Waals surface area contributed by atoms with E-state index in [1.165, 1.54) is 0 Å². The molecule has 0 bridgehead atoms. The Kier molecular flexibility index (Phi) is 5.84. The van der Waals surface area contributed by atoms with Crippen molar-refractivity contribution < 1.29 is 14.3 Å². The monoisotopic (exact) mass is 429 g/mol. The van der Waals surface area contributed by atoms with Crippen molar-refractivity contribution in [3.05, 3.63) is 45.0 Å². The topological polar surface area (TPSA) is 71.0 Å². The first kappa shape index (κ1) is 21.2. The molecule has 4 rings (SSSR count). The van der Waals surface area contributed by atoms with E-state index in [4.69, 9.17) is 16.3 Å². The molecular weight excluding hydrogens is 402 g/mol. The van der Waals surface area contributed by atoms with Crippen molar-refractivity contribution in [3.63, 3.8) is 0 Å². The number of hydrogen-bond acceptors (Lipinski definition) is 4. The number of dihydropyridines is 1. The molecule has 0 aromatic heterocycles. The van der Waals surface area contributed by atoms with Crippen LogP contribution in [0, 0.1) is 18.8 Å². The van der Waals surface area contributed by atoms with Crippen LogP contribution in [0.5, 0.6) is 0 Å². The summed E-state index contributed by atoms with van der Waals surface area (Å²) in [5, 5.41) is 3.76. The molecule has 2 amide bonds. The third-order valence-electron chi connectivity index (χ3n) is 6.53. The lowest BCUT2D eigenvalue weighted by molar-refractivity contribution is -0.120. The van der Waals surface area contributed by atoms with Crippen LogP contribution in [0.15, 0.2) is 22.7 Å². The predicted molar refractivity (Wildman–Crippen MR) is 117 cm³/mol. The van der Waals surface area contributed by atoms with Crippen LogP contribution in [0.1, 0.15) is 47.0 Å². The summed E-state index contributed by atoms with van der Waals surface area (Å²) in [6.07, 6.45) is 2.49. The van der Waals surface area contributed by atoms with E-state index < -0.39 is 5.92 Å². The van der Waals surface area contributed by atoms with Gasteiger partial charge < -0.3 is 15.0 Å². The van der Waals surface area contributed by atoms with Crippen LogP contribution in [-0.2, 0) is 16.0 Å². The van der Waals surface area contributed by atoms with Crippen molar-refractivity contribution in [1.29, 1.82) is 0 Å². The molecule has 1 N–H and O–H groups in total. The standard InChI is InChI=1S/C23H28ClN3O3/c1-12-7-14(3)26-22(28)18(12)11-27-6-5-16-13(2)8-17(20(24)19(16)23(27)29)21(30-4)15-9-25-10-15/h7-8,15,18,21,25H,5-6,9-11H2,1-4H3. The Morgan fingerprint density at radius 1 is 1.30 bits per heavy atom. The summed E-state index contributed by atoms with van der Waals surface area (Å²) in [4.78, 5) is 31.8. The Hall–Kier alpha value is -2.02. The van der Waals surface area contributed by atoms with Gasteiger partial charge in [0.2, 0.25) is 0 Å². The zero-order chi connectivity index (χ0) is 21.6. The maximum Gasteiger partial charge on any atom is 0.255 e. The second kappa shape index (κ2) is 8.25. The number of halogens is 1. The highest BCUT2D eigenvalue weighted by Crippen LogP contribution is 2.39. The van der Waals surface area contributed by atoms with Gasteiger partial charge in [0.1, 0.15) is 0 Å². The van der Waals surface area contributed by atoms with Crippen molar-refractivity contribution in [2.45, 2.75) is 33.3 Å². The minimum absolute atomic E-state index is 0.111. The summed E-state index contributed by atoms with van der Waals surface area (Å²) in [7, 11) is 1.69. The van der Waals surface area contributed by atoms with E-state index in [9.17, 15) is 9.59 Å². The van der Waals surface area contributed by atoms with Crippen LogP contribution in [0.2, 0.25) is 5.02 Å². The number of amides is 2. The molecule has 0 radical (unpaired) electrons. The number of allylic oxidation sites excluding steroid dienone is 1. The molecule has 1 saturated heterocycles. The van der Waals surface area contributed by atoms with Crippen LogP contribution in [-0.4, -0.2) is 55.7 Å². The molecule has 160 valence electrons. The summed E-state index contributed by atoms with van der Waals surface area (Å²) in [6, 6.07) is 2.08. The van der Waals surface area contributed by atoms with Crippen molar-refractivity contribution in [2.24, 2.45) is 16.8 Å². The minimum atomic E-state index is -0.393. The third-order valence-corrected chi connectivity index (χ3v) is 6.94. The fourth-order valence-corrected chi connectivity index (χ4v) is 5.10. The van der Waals surface area contributed by atoms with Crippen LogP contribution in [0.4, 0.5) is 0 Å². The third kappa shape index (κ3) is 3.61. The highest BCUT2D eigenvalue weighted by atomic mass is 35.5. The first-order valence-electron chi connectivity index (χ1n) is 10.4. The van der Waals surface area contributed by atoms with E-state index in [0.29, 0.717) is 35.3 Å². The van der Waals surface area contributed by atoms with E-state index in [2.05, 4.69) is 16.4 Å². The maximum absolute atomic E-state index is 13.5. The Bertz CT molecular complexity index is 965. The number of aryl methyl sites for hydroxylation is 1. The summed E-state index contributed by atoms with van der Waals surface area (Å²) >= 11 is 6.83. The lowest BCUT2D eigenvalue weighted by Crippen LogP contribution is -2.46. The number of carbonyl (C=O) groups is 2. The Labute approximate surface area is 182 Å². The fourth-order valence-electron chi connectivity index (χ4n) is 4.74. The quantitative estimate of drug-likeness (QED) is 0.780. The van der Waals surface area contributed by atoms with Gasteiger partial charge in [0.05, 0.1) is 22.6 Å². The van der Waals surface area contributed by atoms with Crippen molar-refractivity contribution in [2.75, 3.05) is 33.3 Å². The van der Waals surface area contributed by atoms with Gasteiger partial charge in [0.25, 0.3) is 11.8 Å². The molecule has 7 heteroatoms. The van der Waals surface area contributed by atoms with Crippen molar-refractivity contribution in [3.8, 4) is 0 Å². The largest absolute Gasteiger partial charge is 0.376 e. The Morgan fingerprint density at radius 3 is 2.63 bits per heavy atom. The van der Waals surface area contributed by atoms with Crippen LogP contribution >= 0.6 is 11.6 Å². The maximum atomic E-state index is 13.5. The minimum Gasteiger partial charge on any atom is -0.376 e. The highest BCUT2D eigenvalue weighted by molar-refractivity contribution is 6.35. The fraction of sp³-hybridized carbons (Fsp3) is 0.522. The molecule has 30 heavy (non-hydrogen) atoms. The molecule has 6 nitrogen and oxygen atoms in total. The van der Waals surface area contributed by atoms with E-state index in [0.717, 1.165) is 41.8 Å². The second-order valence-corrected chi connectivity index (χ2v) is 8.94. The zero-order valence-corrected chi connectivity index (χ0v) is 18.7. The smallest absolute Gasteiger partial charge is 0.255 e. The lowest BCUT2D eigenvalue weighted by Gasteiger charge is -2.37. The van der Waals surface area contributed by atoms with Gasteiger partial charge in [0.15, 0.2) is 0 Å². The number of aliphatic imine (C=N–C) groups is 1. The molecule has 2 atom stereocenters.